The number of para-hydroxylation sites is 1. The molecule has 7 heteroatoms. The predicted octanol–water partition coefficient (Wildman–Crippen LogP) is 4.16. The van der Waals surface area contributed by atoms with Crippen LogP contribution in [0.2, 0.25) is 0 Å². The molecule has 0 radical (unpaired) electrons. The minimum absolute atomic E-state index is 0.186. The average molecular weight is 352 g/mol. The molecule has 0 spiro atoms. The number of methoxy groups -OCH3 is 1. The summed E-state index contributed by atoms with van der Waals surface area (Å²) in [7, 11) is 1.56. The van der Waals surface area contributed by atoms with Crippen LogP contribution in [-0.4, -0.2) is 22.1 Å². The van der Waals surface area contributed by atoms with Gasteiger partial charge in [0, 0.05) is 34.8 Å². The van der Waals surface area contributed by atoms with Crippen molar-refractivity contribution in [3.8, 4) is 28.4 Å². The molecule has 5 nitrogen and oxygen atoms in total. The van der Waals surface area contributed by atoms with Gasteiger partial charge in [-0.3, -0.25) is 0 Å². The molecule has 4 aromatic rings. The van der Waals surface area contributed by atoms with Crippen LogP contribution in [0.25, 0.3) is 33.5 Å². The van der Waals surface area contributed by atoms with Crippen molar-refractivity contribution in [2.45, 2.75) is 0 Å². The molecule has 0 saturated heterocycles. The molecule has 0 aliphatic carbocycles. The number of rotatable bonds is 3. The van der Waals surface area contributed by atoms with Crippen LogP contribution in [0.1, 0.15) is 0 Å². The van der Waals surface area contributed by atoms with Crippen LogP contribution in [0.15, 0.2) is 48.7 Å². The largest absolute Gasteiger partial charge is 0.496 e. The van der Waals surface area contributed by atoms with Crippen molar-refractivity contribution in [2.75, 3.05) is 12.8 Å². The second-order valence-electron chi connectivity index (χ2n) is 5.71. The fourth-order valence-corrected chi connectivity index (χ4v) is 2.92. The minimum Gasteiger partial charge on any atom is -0.496 e. The van der Waals surface area contributed by atoms with E-state index in [1.165, 1.54) is 12.3 Å². The van der Waals surface area contributed by atoms with Gasteiger partial charge in [-0.1, -0.05) is 12.1 Å². The Balaban J connectivity index is 1.93. The van der Waals surface area contributed by atoms with Crippen molar-refractivity contribution in [3.63, 3.8) is 0 Å². The van der Waals surface area contributed by atoms with E-state index < -0.39 is 11.6 Å². The summed E-state index contributed by atoms with van der Waals surface area (Å²) in [6, 6.07) is 11.0. The summed E-state index contributed by atoms with van der Waals surface area (Å²) >= 11 is 0. The molecule has 0 saturated carbocycles. The molecule has 2 aromatic heterocycles. The van der Waals surface area contributed by atoms with E-state index in [1.54, 1.807) is 13.2 Å². The van der Waals surface area contributed by atoms with Crippen LogP contribution in [0.5, 0.6) is 5.75 Å². The van der Waals surface area contributed by atoms with E-state index in [1.807, 2.05) is 24.3 Å². The number of halogens is 2. The molecule has 0 unspecified atom stereocenters. The normalized spacial score (nSPS) is 11.0. The SMILES string of the molecule is COc1ccccc1-c1cc(N)nc(-c2c[nH]c3c(F)cc(F)cc23)n1. The summed E-state index contributed by atoms with van der Waals surface area (Å²) in [5.74, 6) is -0.221. The van der Waals surface area contributed by atoms with Gasteiger partial charge in [0.15, 0.2) is 5.82 Å². The van der Waals surface area contributed by atoms with Crippen LogP contribution >= 0.6 is 0 Å². The molecule has 26 heavy (non-hydrogen) atoms. The lowest BCUT2D eigenvalue weighted by Crippen LogP contribution is -1.99. The number of benzene rings is 2. The van der Waals surface area contributed by atoms with Crippen LogP contribution in [0.4, 0.5) is 14.6 Å². The molecule has 130 valence electrons. The first kappa shape index (κ1) is 16.0. The van der Waals surface area contributed by atoms with Gasteiger partial charge in [-0.05, 0) is 18.2 Å². The first-order valence-electron chi connectivity index (χ1n) is 7.81. The fraction of sp³-hybridized carbons (Fsp3) is 0.0526. The second kappa shape index (κ2) is 6.11. The number of aromatic nitrogens is 3. The van der Waals surface area contributed by atoms with Gasteiger partial charge in [-0.25, -0.2) is 18.7 Å². The Morgan fingerprint density at radius 3 is 2.65 bits per heavy atom. The highest BCUT2D eigenvalue weighted by molar-refractivity contribution is 5.94. The minimum atomic E-state index is -0.680. The lowest BCUT2D eigenvalue weighted by molar-refractivity contribution is 0.416. The molecular formula is C19H14F2N4O. The number of nitrogens with one attached hydrogen (secondary N) is 1. The van der Waals surface area contributed by atoms with E-state index in [0.717, 1.165) is 11.6 Å². The highest BCUT2D eigenvalue weighted by Gasteiger charge is 2.16. The second-order valence-corrected chi connectivity index (χ2v) is 5.71. The van der Waals surface area contributed by atoms with Gasteiger partial charge in [-0.15, -0.1) is 0 Å². The summed E-state index contributed by atoms with van der Waals surface area (Å²) in [5.41, 5.74) is 7.88. The predicted molar refractivity (Wildman–Crippen MR) is 95.6 cm³/mol. The molecule has 0 aliphatic rings. The third-order valence-electron chi connectivity index (χ3n) is 4.08. The number of nitrogens with two attached hydrogens (primary N) is 1. The number of aromatic amines is 1. The van der Waals surface area contributed by atoms with Gasteiger partial charge in [0.1, 0.15) is 23.2 Å². The van der Waals surface area contributed by atoms with Crippen molar-refractivity contribution >= 4 is 16.7 Å². The number of ether oxygens (including phenoxy) is 1. The first-order valence-corrected chi connectivity index (χ1v) is 7.81. The number of hydrogen-bond acceptors (Lipinski definition) is 4. The highest BCUT2D eigenvalue weighted by atomic mass is 19.1. The molecule has 2 heterocycles. The number of H-pyrrole nitrogens is 1. The van der Waals surface area contributed by atoms with Crippen LogP contribution in [0.3, 0.4) is 0 Å². The Hall–Kier alpha value is -3.48. The van der Waals surface area contributed by atoms with E-state index in [9.17, 15) is 8.78 Å². The maximum atomic E-state index is 13.9. The summed E-state index contributed by atoms with van der Waals surface area (Å²) < 4.78 is 33.0. The van der Waals surface area contributed by atoms with Gasteiger partial charge in [0.2, 0.25) is 0 Å². The van der Waals surface area contributed by atoms with Gasteiger partial charge >= 0.3 is 0 Å². The lowest BCUT2D eigenvalue weighted by Gasteiger charge is -2.09. The standard InChI is InChI=1S/C19H14F2N4O/c1-26-16-5-3-2-4-11(16)15-8-17(22)25-19(24-15)13-9-23-18-12(13)6-10(20)7-14(18)21/h2-9,23H,1H3,(H2,22,24,25). The maximum absolute atomic E-state index is 13.9. The zero-order valence-electron chi connectivity index (χ0n) is 13.8. The topological polar surface area (TPSA) is 76.8 Å². The summed E-state index contributed by atoms with van der Waals surface area (Å²) in [6.45, 7) is 0. The van der Waals surface area contributed by atoms with Crippen molar-refractivity contribution in [1.29, 1.82) is 0 Å². The zero-order valence-corrected chi connectivity index (χ0v) is 13.8. The number of anilines is 1. The van der Waals surface area contributed by atoms with E-state index in [0.29, 0.717) is 22.4 Å². The number of nitrogens with zero attached hydrogens (tertiary/aromatic N) is 2. The molecule has 0 atom stereocenters. The summed E-state index contributed by atoms with van der Waals surface area (Å²) in [6.07, 6.45) is 1.54. The molecule has 0 fully saturated rings. The Morgan fingerprint density at radius 1 is 1.04 bits per heavy atom. The molecule has 0 aliphatic heterocycles. The Bertz CT molecular complexity index is 1120. The van der Waals surface area contributed by atoms with Gasteiger partial charge in [0.25, 0.3) is 0 Å². The van der Waals surface area contributed by atoms with E-state index in [2.05, 4.69) is 15.0 Å². The zero-order chi connectivity index (χ0) is 18.3. The quantitative estimate of drug-likeness (QED) is 0.580. The van der Waals surface area contributed by atoms with E-state index in [-0.39, 0.29) is 17.2 Å². The number of hydrogen-bond donors (Lipinski definition) is 2. The third kappa shape index (κ3) is 2.63. The monoisotopic (exact) mass is 352 g/mol. The Labute approximate surface area is 147 Å². The van der Waals surface area contributed by atoms with Gasteiger partial charge in [0.05, 0.1) is 18.3 Å². The van der Waals surface area contributed by atoms with Gasteiger partial charge < -0.3 is 15.5 Å². The molecule has 2 aromatic carbocycles. The Kier molecular flexibility index (Phi) is 3.76. The third-order valence-corrected chi connectivity index (χ3v) is 4.08. The molecule has 4 rings (SSSR count). The van der Waals surface area contributed by atoms with Crippen LogP contribution in [-0.2, 0) is 0 Å². The first-order chi connectivity index (χ1) is 12.6. The van der Waals surface area contributed by atoms with Gasteiger partial charge in [-0.2, -0.15) is 0 Å². The maximum Gasteiger partial charge on any atom is 0.164 e. The lowest BCUT2D eigenvalue weighted by atomic mass is 10.1. The van der Waals surface area contributed by atoms with Crippen molar-refractivity contribution < 1.29 is 13.5 Å². The molecule has 0 bridgehead atoms. The van der Waals surface area contributed by atoms with Crippen molar-refractivity contribution in [3.05, 3.63) is 60.3 Å². The Morgan fingerprint density at radius 2 is 1.85 bits per heavy atom. The summed E-state index contributed by atoms with van der Waals surface area (Å²) in [5, 5.41) is 0.346. The van der Waals surface area contributed by atoms with Crippen molar-refractivity contribution in [1.82, 2.24) is 15.0 Å². The van der Waals surface area contributed by atoms with Crippen molar-refractivity contribution in [2.24, 2.45) is 0 Å². The molecular weight excluding hydrogens is 338 g/mol. The molecule has 0 amide bonds. The van der Waals surface area contributed by atoms with Crippen LogP contribution < -0.4 is 10.5 Å². The van der Waals surface area contributed by atoms with Crippen LogP contribution in [0, 0.1) is 11.6 Å². The average Bonchev–Trinajstić information content (AvgIpc) is 3.05. The number of nitrogen functional groups attached to an aromatic ring is 1. The number of fused-ring (bicyclic) bond motifs is 1. The van der Waals surface area contributed by atoms with E-state index >= 15 is 0 Å². The highest BCUT2D eigenvalue weighted by Crippen LogP contribution is 2.33. The molecule has 3 N–H and O–H groups in total. The fourth-order valence-electron chi connectivity index (χ4n) is 2.92. The van der Waals surface area contributed by atoms with E-state index in [4.69, 9.17) is 10.5 Å². The smallest absolute Gasteiger partial charge is 0.164 e. The summed E-state index contributed by atoms with van der Waals surface area (Å²) in [4.78, 5) is 11.6.